The third-order valence-corrected chi connectivity index (χ3v) is 2.49. The summed E-state index contributed by atoms with van der Waals surface area (Å²) in [6.45, 7) is 2.18. The van der Waals surface area contributed by atoms with Crippen molar-refractivity contribution in [1.29, 1.82) is 5.26 Å². The number of rotatable bonds is 5. The minimum absolute atomic E-state index is 0.0709. The summed E-state index contributed by atoms with van der Waals surface area (Å²) in [5, 5.41) is 8.73. The molecule has 1 unspecified atom stereocenters. The van der Waals surface area contributed by atoms with Crippen LogP contribution in [0.3, 0.4) is 0 Å². The van der Waals surface area contributed by atoms with Crippen LogP contribution in [0, 0.1) is 11.3 Å². The van der Waals surface area contributed by atoms with Crippen LogP contribution in [0.1, 0.15) is 12.5 Å². The van der Waals surface area contributed by atoms with Gasteiger partial charge >= 0.3 is 0 Å². The van der Waals surface area contributed by atoms with Gasteiger partial charge in [-0.1, -0.05) is 30.3 Å². The van der Waals surface area contributed by atoms with E-state index in [9.17, 15) is 4.79 Å². The Hall–Kier alpha value is -1.86. The van der Waals surface area contributed by atoms with Crippen LogP contribution < -0.4 is 0 Å². The normalized spacial score (nSPS) is 11.6. The lowest BCUT2D eigenvalue weighted by Gasteiger charge is -2.22. The number of carbonyl (C=O) groups excluding carboxylic acids is 1. The predicted molar refractivity (Wildman–Crippen MR) is 63.9 cm³/mol. The van der Waals surface area contributed by atoms with E-state index < -0.39 is 6.10 Å². The molecule has 1 amide bonds. The molecule has 4 heteroatoms. The van der Waals surface area contributed by atoms with Gasteiger partial charge in [0.2, 0.25) is 0 Å². The number of carbonyl (C=O) groups is 1. The number of hydrogen-bond donors (Lipinski definition) is 0. The predicted octanol–water partition coefficient (Wildman–Crippen LogP) is 1.57. The zero-order valence-electron chi connectivity index (χ0n) is 10.1. The first-order chi connectivity index (χ1) is 8.19. The molecule has 0 aliphatic carbocycles. The maximum Gasteiger partial charge on any atom is 0.252 e. The molecule has 1 rings (SSSR count). The molecule has 1 aromatic carbocycles. The molecule has 0 aromatic heterocycles. The van der Waals surface area contributed by atoms with Gasteiger partial charge in [0.1, 0.15) is 12.6 Å². The quantitative estimate of drug-likeness (QED) is 0.724. The Morgan fingerprint density at radius 3 is 2.65 bits per heavy atom. The number of nitrogens with zero attached hydrogens (tertiary/aromatic N) is 2. The Balaban J connectivity index is 2.74. The first kappa shape index (κ1) is 13.2. The van der Waals surface area contributed by atoms with Crippen molar-refractivity contribution in [2.75, 3.05) is 13.7 Å². The summed E-state index contributed by atoms with van der Waals surface area (Å²) in [7, 11) is 1.48. The highest BCUT2D eigenvalue weighted by atomic mass is 16.5. The van der Waals surface area contributed by atoms with Crippen LogP contribution in [0.25, 0.3) is 0 Å². The Kier molecular flexibility index (Phi) is 5.18. The molecule has 0 N–H and O–H groups in total. The molecular weight excluding hydrogens is 216 g/mol. The van der Waals surface area contributed by atoms with E-state index in [1.807, 2.05) is 36.4 Å². The standard InChI is InChI=1S/C13H16N2O2/c1-11(17-2)13(16)15(9-8-14)10-12-6-4-3-5-7-12/h3-7,11H,9-10H2,1-2H3. The molecule has 0 aliphatic heterocycles. The van der Waals surface area contributed by atoms with Crippen LogP contribution in [0.4, 0.5) is 0 Å². The smallest absolute Gasteiger partial charge is 0.252 e. The summed E-state index contributed by atoms with van der Waals surface area (Å²) < 4.78 is 4.98. The van der Waals surface area contributed by atoms with Crippen LogP contribution in [0.2, 0.25) is 0 Å². The molecule has 1 aromatic rings. The Labute approximate surface area is 101 Å². The van der Waals surface area contributed by atoms with Gasteiger partial charge < -0.3 is 9.64 Å². The molecule has 0 aliphatic rings. The third-order valence-electron chi connectivity index (χ3n) is 2.49. The van der Waals surface area contributed by atoms with E-state index in [2.05, 4.69) is 0 Å². The lowest BCUT2D eigenvalue weighted by atomic mass is 10.2. The van der Waals surface area contributed by atoms with E-state index in [0.29, 0.717) is 6.54 Å². The van der Waals surface area contributed by atoms with Gasteiger partial charge in [-0.05, 0) is 12.5 Å². The Bertz CT molecular complexity index is 398. The highest BCUT2D eigenvalue weighted by Gasteiger charge is 2.19. The van der Waals surface area contributed by atoms with Crippen molar-refractivity contribution in [2.24, 2.45) is 0 Å². The monoisotopic (exact) mass is 232 g/mol. The fourth-order valence-corrected chi connectivity index (χ4v) is 1.46. The van der Waals surface area contributed by atoms with Crippen molar-refractivity contribution in [1.82, 2.24) is 4.90 Å². The number of methoxy groups -OCH3 is 1. The van der Waals surface area contributed by atoms with Gasteiger partial charge in [0.25, 0.3) is 5.91 Å². The molecule has 4 nitrogen and oxygen atoms in total. The first-order valence-electron chi connectivity index (χ1n) is 5.41. The van der Waals surface area contributed by atoms with Crippen molar-refractivity contribution in [3.8, 4) is 6.07 Å². The average molecular weight is 232 g/mol. The second-order valence-electron chi connectivity index (χ2n) is 3.72. The van der Waals surface area contributed by atoms with E-state index in [1.165, 1.54) is 12.0 Å². The minimum Gasteiger partial charge on any atom is -0.372 e. The first-order valence-corrected chi connectivity index (χ1v) is 5.41. The fourth-order valence-electron chi connectivity index (χ4n) is 1.46. The van der Waals surface area contributed by atoms with Crippen molar-refractivity contribution in [3.63, 3.8) is 0 Å². The van der Waals surface area contributed by atoms with Crippen molar-refractivity contribution in [3.05, 3.63) is 35.9 Å². The van der Waals surface area contributed by atoms with Crippen LogP contribution >= 0.6 is 0 Å². The van der Waals surface area contributed by atoms with Crippen molar-refractivity contribution >= 4 is 5.91 Å². The van der Waals surface area contributed by atoms with Gasteiger partial charge in [0, 0.05) is 13.7 Å². The lowest BCUT2D eigenvalue weighted by molar-refractivity contribution is -0.140. The van der Waals surface area contributed by atoms with Crippen LogP contribution in [-0.4, -0.2) is 30.6 Å². The van der Waals surface area contributed by atoms with E-state index in [0.717, 1.165) is 5.56 Å². The molecule has 1 atom stereocenters. The molecular formula is C13H16N2O2. The van der Waals surface area contributed by atoms with Gasteiger partial charge in [-0.25, -0.2) is 0 Å². The SMILES string of the molecule is COC(C)C(=O)N(CC#N)Cc1ccccc1. The van der Waals surface area contributed by atoms with Crippen molar-refractivity contribution in [2.45, 2.75) is 19.6 Å². The molecule has 0 saturated carbocycles. The second kappa shape index (κ2) is 6.66. The second-order valence-corrected chi connectivity index (χ2v) is 3.72. The van der Waals surface area contributed by atoms with E-state index in [4.69, 9.17) is 10.00 Å². The fraction of sp³-hybridized carbons (Fsp3) is 0.385. The van der Waals surface area contributed by atoms with E-state index in [-0.39, 0.29) is 12.5 Å². The largest absolute Gasteiger partial charge is 0.372 e. The zero-order chi connectivity index (χ0) is 12.7. The number of amides is 1. The summed E-state index contributed by atoms with van der Waals surface area (Å²) in [4.78, 5) is 13.4. The molecule has 90 valence electrons. The van der Waals surface area contributed by atoms with Crippen LogP contribution in [-0.2, 0) is 16.1 Å². The topological polar surface area (TPSA) is 53.3 Å². The Morgan fingerprint density at radius 1 is 1.47 bits per heavy atom. The van der Waals surface area contributed by atoms with Gasteiger partial charge in [-0.2, -0.15) is 5.26 Å². The molecule has 0 spiro atoms. The Morgan fingerprint density at radius 2 is 2.12 bits per heavy atom. The number of hydrogen-bond acceptors (Lipinski definition) is 3. The van der Waals surface area contributed by atoms with Gasteiger partial charge in [-0.3, -0.25) is 4.79 Å². The van der Waals surface area contributed by atoms with Crippen LogP contribution in [0.5, 0.6) is 0 Å². The third kappa shape index (κ3) is 3.89. The summed E-state index contributed by atoms with van der Waals surface area (Å²) in [6.07, 6.45) is -0.521. The van der Waals surface area contributed by atoms with Crippen molar-refractivity contribution < 1.29 is 9.53 Å². The van der Waals surface area contributed by atoms with Gasteiger partial charge in [0.15, 0.2) is 0 Å². The number of benzene rings is 1. The maximum absolute atomic E-state index is 11.9. The molecule has 0 bridgehead atoms. The van der Waals surface area contributed by atoms with Gasteiger partial charge in [0.05, 0.1) is 6.07 Å². The molecule has 17 heavy (non-hydrogen) atoms. The zero-order valence-corrected chi connectivity index (χ0v) is 10.1. The van der Waals surface area contributed by atoms with Crippen LogP contribution in [0.15, 0.2) is 30.3 Å². The van der Waals surface area contributed by atoms with E-state index in [1.54, 1.807) is 6.92 Å². The van der Waals surface area contributed by atoms with E-state index >= 15 is 0 Å². The lowest BCUT2D eigenvalue weighted by Crippen LogP contribution is -2.38. The maximum atomic E-state index is 11.9. The number of nitriles is 1. The van der Waals surface area contributed by atoms with Gasteiger partial charge in [-0.15, -0.1) is 0 Å². The molecule has 0 heterocycles. The minimum atomic E-state index is -0.521. The highest BCUT2D eigenvalue weighted by Crippen LogP contribution is 2.06. The molecule has 0 fully saturated rings. The molecule has 0 radical (unpaired) electrons. The summed E-state index contributed by atoms with van der Waals surface area (Å²) in [5.74, 6) is -0.169. The number of ether oxygens (including phenoxy) is 1. The average Bonchev–Trinajstić information content (AvgIpc) is 2.37. The highest BCUT2D eigenvalue weighted by molar-refractivity contribution is 5.80. The molecule has 0 saturated heterocycles. The summed E-state index contributed by atoms with van der Waals surface area (Å²) >= 11 is 0. The summed E-state index contributed by atoms with van der Waals surface area (Å²) in [5.41, 5.74) is 0.999. The summed E-state index contributed by atoms with van der Waals surface area (Å²) in [6, 6.07) is 11.6.